The number of amides is 1. The summed E-state index contributed by atoms with van der Waals surface area (Å²) in [5.41, 5.74) is -0.0572. The van der Waals surface area contributed by atoms with Crippen LogP contribution in [0, 0.1) is 17.2 Å². The van der Waals surface area contributed by atoms with Crippen molar-refractivity contribution in [3.05, 3.63) is 24.3 Å². The number of thioether (sulfide) groups is 1. The zero-order valence-corrected chi connectivity index (χ0v) is 16.4. The Morgan fingerprint density at radius 2 is 2.12 bits per heavy atom. The van der Waals surface area contributed by atoms with Gasteiger partial charge in [0.1, 0.15) is 11.3 Å². The van der Waals surface area contributed by atoms with Crippen LogP contribution >= 0.6 is 11.8 Å². The van der Waals surface area contributed by atoms with Crippen molar-refractivity contribution in [2.75, 3.05) is 12.9 Å². The number of rotatable bonds is 7. The summed E-state index contributed by atoms with van der Waals surface area (Å²) in [5, 5.41) is 21.1. The Morgan fingerprint density at radius 3 is 2.73 bits per heavy atom. The zero-order chi connectivity index (χ0) is 19.3. The number of benzene rings is 1. The van der Waals surface area contributed by atoms with E-state index < -0.39 is 5.54 Å². The highest BCUT2D eigenvalue weighted by atomic mass is 32.2. The molecule has 2 rings (SSSR count). The lowest BCUT2D eigenvalue weighted by atomic mass is 9.90. The number of hydrogen-bond donors (Lipinski definition) is 1. The van der Waals surface area contributed by atoms with Crippen LogP contribution in [-0.4, -0.2) is 39.1 Å². The van der Waals surface area contributed by atoms with Gasteiger partial charge in [-0.05, 0) is 25.0 Å². The van der Waals surface area contributed by atoms with Crippen LogP contribution in [0.3, 0.4) is 0 Å². The van der Waals surface area contributed by atoms with Gasteiger partial charge in [-0.15, -0.1) is 10.2 Å². The van der Waals surface area contributed by atoms with E-state index >= 15 is 0 Å². The van der Waals surface area contributed by atoms with E-state index in [0.717, 1.165) is 5.56 Å². The number of carbonyl (C=O) groups is 1. The van der Waals surface area contributed by atoms with Crippen molar-refractivity contribution < 1.29 is 9.53 Å². The SMILES string of the molecule is COc1ccccc1-c1nnc(SCC(=O)NC(C)(C#N)C(C)C)n1C. The molecular formula is C18H23N5O2S. The minimum absolute atomic E-state index is 0.00780. The van der Waals surface area contributed by atoms with Gasteiger partial charge in [-0.25, -0.2) is 0 Å². The summed E-state index contributed by atoms with van der Waals surface area (Å²) in [6.07, 6.45) is 0. The van der Waals surface area contributed by atoms with E-state index in [4.69, 9.17) is 4.74 Å². The minimum Gasteiger partial charge on any atom is -0.496 e. The molecule has 0 saturated carbocycles. The maximum atomic E-state index is 12.2. The summed E-state index contributed by atoms with van der Waals surface area (Å²) in [7, 11) is 3.45. The number of nitrogens with zero attached hydrogens (tertiary/aromatic N) is 4. The minimum atomic E-state index is -0.889. The number of methoxy groups -OCH3 is 1. The fourth-order valence-corrected chi connectivity index (χ4v) is 2.97. The van der Waals surface area contributed by atoms with E-state index in [1.807, 2.05) is 49.7 Å². The summed E-state index contributed by atoms with van der Waals surface area (Å²) in [6, 6.07) is 9.73. The molecule has 1 unspecified atom stereocenters. The Morgan fingerprint density at radius 1 is 1.42 bits per heavy atom. The van der Waals surface area contributed by atoms with Gasteiger partial charge < -0.3 is 14.6 Å². The van der Waals surface area contributed by atoms with Gasteiger partial charge in [0, 0.05) is 7.05 Å². The second kappa shape index (κ2) is 8.23. The highest BCUT2D eigenvalue weighted by molar-refractivity contribution is 7.99. The van der Waals surface area contributed by atoms with Gasteiger partial charge in [0.25, 0.3) is 0 Å². The van der Waals surface area contributed by atoms with Crippen molar-refractivity contribution in [2.45, 2.75) is 31.5 Å². The van der Waals surface area contributed by atoms with Crippen molar-refractivity contribution in [3.8, 4) is 23.2 Å². The topological polar surface area (TPSA) is 92.8 Å². The molecule has 0 radical (unpaired) electrons. The fourth-order valence-electron chi connectivity index (χ4n) is 2.26. The first-order chi connectivity index (χ1) is 12.3. The van der Waals surface area contributed by atoms with Gasteiger partial charge in [-0.2, -0.15) is 5.26 Å². The zero-order valence-electron chi connectivity index (χ0n) is 15.6. The van der Waals surface area contributed by atoms with Crippen LogP contribution < -0.4 is 10.1 Å². The predicted molar refractivity (Wildman–Crippen MR) is 101 cm³/mol. The van der Waals surface area contributed by atoms with Crippen LogP contribution in [0.1, 0.15) is 20.8 Å². The largest absolute Gasteiger partial charge is 0.496 e. The second-order valence-electron chi connectivity index (χ2n) is 6.37. The molecule has 1 amide bonds. The predicted octanol–water partition coefficient (Wildman–Crippen LogP) is 2.64. The van der Waals surface area contributed by atoms with Crippen molar-refractivity contribution in [1.29, 1.82) is 5.26 Å². The van der Waals surface area contributed by atoms with Gasteiger partial charge in [-0.1, -0.05) is 37.7 Å². The third-order valence-electron chi connectivity index (χ3n) is 4.30. The summed E-state index contributed by atoms with van der Waals surface area (Å²) in [4.78, 5) is 12.2. The smallest absolute Gasteiger partial charge is 0.231 e. The van der Waals surface area contributed by atoms with E-state index in [9.17, 15) is 10.1 Å². The van der Waals surface area contributed by atoms with Crippen LogP contribution in [0.25, 0.3) is 11.4 Å². The molecule has 138 valence electrons. The second-order valence-corrected chi connectivity index (χ2v) is 7.31. The molecule has 0 aliphatic carbocycles. The van der Waals surface area contributed by atoms with Crippen LogP contribution in [0.5, 0.6) is 5.75 Å². The molecule has 0 bridgehead atoms. The van der Waals surface area contributed by atoms with Crippen molar-refractivity contribution >= 4 is 17.7 Å². The van der Waals surface area contributed by atoms with E-state index in [-0.39, 0.29) is 17.6 Å². The van der Waals surface area contributed by atoms with Crippen LogP contribution in [0.2, 0.25) is 0 Å². The fraction of sp³-hybridized carbons (Fsp3) is 0.444. The maximum Gasteiger partial charge on any atom is 0.231 e. The van der Waals surface area contributed by atoms with Gasteiger partial charge in [0.05, 0.1) is 24.5 Å². The molecule has 0 fully saturated rings. The van der Waals surface area contributed by atoms with Crippen molar-refractivity contribution in [1.82, 2.24) is 20.1 Å². The third-order valence-corrected chi connectivity index (χ3v) is 5.32. The quantitative estimate of drug-likeness (QED) is 0.750. The summed E-state index contributed by atoms with van der Waals surface area (Å²) in [5.74, 6) is 1.32. The first-order valence-electron chi connectivity index (χ1n) is 8.20. The van der Waals surface area contributed by atoms with E-state index in [1.54, 1.807) is 14.0 Å². The summed E-state index contributed by atoms with van der Waals surface area (Å²) < 4.78 is 7.19. The molecule has 7 nitrogen and oxygen atoms in total. The summed E-state index contributed by atoms with van der Waals surface area (Å²) in [6.45, 7) is 5.53. The Balaban J connectivity index is 2.10. The molecule has 1 N–H and O–H groups in total. The highest BCUT2D eigenvalue weighted by Crippen LogP contribution is 2.30. The van der Waals surface area contributed by atoms with Crippen LogP contribution in [0.4, 0.5) is 0 Å². The highest BCUT2D eigenvalue weighted by Gasteiger charge is 2.30. The molecule has 0 spiro atoms. The van der Waals surface area contributed by atoms with Crippen LogP contribution in [0.15, 0.2) is 29.4 Å². The van der Waals surface area contributed by atoms with Gasteiger partial charge >= 0.3 is 0 Å². The average Bonchev–Trinajstić information content (AvgIpc) is 3.00. The first-order valence-corrected chi connectivity index (χ1v) is 9.18. The lowest BCUT2D eigenvalue weighted by Crippen LogP contribution is -2.49. The molecule has 0 aliphatic heterocycles. The molecule has 26 heavy (non-hydrogen) atoms. The Bertz CT molecular complexity index is 827. The molecule has 1 atom stereocenters. The number of ether oxygens (including phenoxy) is 1. The normalized spacial score (nSPS) is 13.1. The van der Waals surface area contributed by atoms with Crippen molar-refractivity contribution in [2.24, 2.45) is 13.0 Å². The van der Waals surface area contributed by atoms with Crippen molar-refractivity contribution in [3.63, 3.8) is 0 Å². The number of aromatic nitrogens is 3. The molecule has 1 aromatic heterocycles. The molecule has 1 heterocycles. The number of nitriles is 1. The van der Waals surface area contributed by atoms with Crippen LogP contribution in [-0.2, 0) is 11.8 Å². The lowest BCUT2D eigenvalue weighted by molar-refractivity contribution is -0.120. The van der Waals surface area contributed by atoms with Gasteiger partial charge in [0.2, 0.25) is 5.91 Å². The summed E-state index contributed by atoms with van der Waals surface area (Å²) >= 11 is 1.27. The average molecular weight is 373 g/mol. The Kier molecular flexibility index (Phi) is 6.27. The molecule has 0 aliphatic rings. The van der Waals surface area contributed by atoms with E-state index in [2.05, 4.69) is 21.6 Å². The third kappa shape index (κ3) is 4.17. The molecule has 2 aromatic rings. The van der Waals surface area contributed by atoms with Gasteiger partial charge in [-0.3, -0.25) is 4.79 Å². The van der Waals surface area contributed by atoms with Gasteiger partial charge in [0.15, 0.2) is 11.0 Å². The monoisotopic (exact) mass is 373 g/mol. The molecule has 8 heteroatoms. The van der Waals surface area contributed by atoms with E-state index in [1.165, 1.54) is 11.8 Å². The molecular weight excluding hydrogens is 350 g/mol. The maximum absolute atomic E-state index is 12.2. The Labute approximate surface area is 157 Å². The molecule has 0 saturated heterocycles. The number of para-hydroxylation sites is 1. The lowest BCUT2D eigenvalue weighted by Gasteiger charge is -2.27. The Hall–Kier alpha value is -2.53. The number of carbonyl (C=O) groups excluding carboxylic acids is 1. The first kappa shape index (κ1) is 19.8. The molecule has 1 aromatic carbocycles. The number of hydrogen-bond acceptors (Lipinski definition) is 6. The van der Waals surface area contributed by atoms with E-state index in [0.29, 0.717) is 16.7 Å². The number of nitrogens with one attached hydrogen (secondary N) is 1. The standard InChI is InChI=1S/C18H23N5O2S/c1-12(2)18(3,11-19)20-15(24)10-26-17-22-21-16(23(17)4)13-8-6-7-9-14(13)25-5/h6-9,12H,10H2,1-5H3,(H,20,24).